The van der Waals surface area contributed by atoms with Crippen molar-refractivity contribution in [3.05, 3.63) is 23.8 Å². The number of piperidine rings is 1. The van der Waals surface area contributed by atoms with Crippen LogP contribution in [0.1, 0.15) is 23.2 Å². The average molecular weight is 261 g/mol. The van der Waals surface area contributed by atoms with Crippen molar-refractivity contribution in [3.63, 3.8) is 0 Å². The fraction of sp³-hybridized carbons (Fsp3) is 0.385. The van der Waals surface area contributed by atoms with Crippen molar-refractivity contribution >= 4 is 23.1 Å². The van der Waals surface area contributed by atoms with Crippen molar-refractivity contribution in [2.75, 3.05) is 18.0 Å². The van der Waals surface area contributed by atoms with Gasteiger partial charge >= 0.3 is 5.97 Å². The molecular weight excluding hydrogens is 246 g/mol. The van der Waals surface area contributed by atoms with Gasteiger partial charge < -0.3 is 20.2 Å². The topological polar surface area (TPSA) is 92.6 Å². The Kier molecular flexibility index (Phi) is 2.87. The van der Waals surface area contributed by atoms with Crippen LogP contribution >= 0.6 is 0 Å². The number of carboxylic acid groups (broad SMARTS) is 1. The number of hydrogen-bond donors (Lipinski definition) is 2. The van der Waals surface area contributed by atoms with Crippen molar-refractivity contribution in [2.45, 2.75) is 18.9 Å². The van der Waals surface area contributed by atoms with Crippen LogP contribution in [0.3, 0.4) is 0 Å². The molecule has 1 aliphatic rings. The zero-order valence-electron chi connectivity index (χ0n) is 10.4. The predicted molar refractivity (Wildman–Crippen MR) is 70.4 cm³/mol. The van der Waals surface area contributed by atoms with Gasteiger partial charge in [0.1, 0.15) is 5.52 Å². The molecule has 0 radical (unpaired) electrons. The van der Waals surface area contributed by atoms with Crippen LogP contribution in [0.25, 0.3) is 11.1 Å². The number of fused-ring (bicyclic) bond motifs is 1. The van der Waals surface area contributed by atoms with Crippen LogP contribution < -0.4 is 10.6 Å². The van der Waals surface area contributed by atoms with Crippen LogP contribution in [0.4, 0.5) is 6.01 Å². The Morgan fingerprint density at radius 2 is 2.16 bits per heavy atom. The lowest BCUT2D eigenvalue weighted by Crippen LogP contribution is -2.39. The molecule has 100 valence electrons. The molecule has 1 saturated heterocycles. The SMILES string of the molecule is NC1CCN(c2nc3ccc(C(=O)O)cc3o2)CC1. The highest BCUT2D eigenvalue weighted by Crippen LogP contribution is 2.25. The third-order valence-corrected chi connectivity index (χ3v) is 3.43. The van der Waals surface area contributed by atoms with Crippen molar-refractivity contribution in [3.8, 4) is 0 Å². The third-order valence-electron chi connectivity index (χ3n) is 3.43. The van der Waals surface area contributed by atoms with E-state index >= 15 is 0 Å². The molecule has 1 aromatic heterocycles. The van der Waals surface area contributed by atoms with Gasteiger partial charge in [-0.2, -0.15) is 4.98 Å². The molecule has 0 bridgehead atoms. The standard InChI is InChI=1S/C13H15N3O3/c14-9-3-5-16(6-4-9)13-15-10-2-1-8(12(17)18)7-11(10)19-13/h1-2,7,9H,3-6,14H2,(H,17,18). The summed E-state index contributed by atoms with van der Waals surface area (Å²) in [7, 11) is 0. The molecule has 2 aromatic rings. The molecule has 3 N–H and O–H groups in total. The Hall–Kier alpha value is -2.08. The van der Waals surface area contributed by atoms with Gasteiger partial charge in [-0.05, 0) is 31.0 Å². The second-order valence-electron chi connectivity index (χ2n) is 4.81. The molecule has 0 amide bonds. The summed E-state index contributed by atoms with van der Waals surface area (Å²) in [5, 5.41) is 8.94. The number of aromatic carboxylic acids is 1. The normalized spacial score (nSPS) is 17.0. The molecule has 6 heteroatoms. The van der Waals surface area contributed by atoms with Gasteiger partial charge in [0.05, 0.1) is 5.56 Å². The highest BCUT2D eigenvalue weighted by atomic mass is 16.4. The molecule has 0 unspecified atom stereocenters. The highest BCUT2D eigenvalue weighted by Gasteiger charge is 2.20. The van der Waals surface area contributed by atoms with E-state index in [2.05, 4.69) is 4.98 Å². The van der Waals surface area contributed by atoms with Crippen LogP contribution in [0.15, 0.2) is 22.6 Å². The highest BCUT2D eigenvalue weighted by molar-refractivity contribution is 5.92. The first kappa shape index (κ1) is 12.0. The molecule has 3 rings (SSSR count). The summed E-state index contributed by atoms with van der Waals surface area (Å²) in [6, 6.07) is 5.50. The molecule has 0 saturated carbocycles. The number of benzene rings is 1. The Morgan fingerprint density at radius 3 is 2.84 bits per heavy atom. The van der Waals surface area contributed by atoms with Crippen LogP contribution in [-0.2, 0) is 0 Å². The number of hydrogen-bond acceptors (Lipinski definition) is 5. The molecule has 1 fully saturated rings. The van der Waals surface area contributed by atoms with Crippen molar-refractivity contribution < 1.29 is 14.3 Å². The van der Waals surface area contributed by atoms with Gasteiger partial charge in [0.15, 0.2) is 5.58 Å². The van der Waals surface area contributed by atoms with Gasteiger partial charge in [0, 0.05) is 19.1 Å². The number of carboxylic acids is 1. The Bertz CT molecular complexity index is 615. The van der Waals surface area contributed by atoms with E-state index in [9.17, 15) is 4.79 Å². The Labute approximate surface area is 109 Å². The van der Waals surface area contributed by atoms with Gasteiger partial charge in [-0.1, -0.05) is 0 Å². The first-order valence-corrected chi connectivity index (χ1v) is 6.28. The summed E-state index contributed by atoms with van der Waals surface area (Å²) in [4.78, 5) is 17.3. The summed E-state index contributed by atoms with van der Waals surface area (Å²) >= 11 is 0. The number of nitrogens with zero attached hydrogens (tertiary/aromatic N) is 2. The molecule has 6 nitrogen and oxygen atoms in total. The molecule has 0 spiro atoms. The van der Waals surface area contributed by atoms with Gasteiger partial charge in [0.2, 0.25) is 0 Å². The number of aromatic nitrogens is 1. The molecular formula is C13H15N3O3. The maximum atomic E-state index is 10.9. The summed E-state index contributed by atoms with van der Waals surface area (Å²) < 4.78 is 5.64. The molecule has 1 aliphatic heterocycles. The van der Waals surface area contributed by atoms with E-state index in [4.69, 9.17) is 15.3 Å². The van der Waals surface area contributed by atoms with E-state index in [1.165, 1.54) is 12.1 Å². The molecule has 1 aromatic carbocycles. The third kappa shape index (κ3) is 2.26. The largest absolute Gasteiger partial charge is 0.478 e. The number of anilines is 1. The van der Waals surface area contributed by atoms with Crippen LogP contribution in [-0.4, -0.2) is 35.2 Å². The summed E-state index contributed by atoms with van der Waals surface area (Å²) in [5.41, 5.74) is 7.25. The monoisotopic (exact) mass is 261 g/mol. The minimum absolute atomic E-state index is 0.205. The maximum Gasteiger partial charge on any atom is 0.335 e. The second-order valence-corrected chi connectivity index (χ2v) is 4.81. The van der Waals surface area contributed by atoms with Gasteiger partial charge in [-0.25, -0.2) is 4.79 Å². The summed E-state index contributed by atoms with van der Waals surface area (Å²) in [6.07, 6.45) is 1.83. The quantitative estimate of drug-likeness (QED) is 0.850. The minimum atomic E-state index is -0.969. The van der Waals surface area contributed by atoms with Gasteiger partial charge in [0.25, 0.3) is 6.01 Å². The van der Waals surface area contributed by atoms with E-state index in [0.29, 0.717) is 17.1 Å². The molecule has 19 heavy (non-hydrogen) atoms. The first-order valence-electron chi connectivity index (χ1n) is 6.28. The van der Waals surface area contributed by atoms with Crippen molar-refractivity contribution in [1.29, 1.82) is 0 Å². The number of nitrogens with two attached hydrogens (primary N) is 1. The lowest BCUT2D eigenvalue weighted by Gasteiger charge is -2.28. The van der Waals surface area contributed by atoms with E-state index < -0.39 is 5.97 Å². The number of rotatable bonds is 2. The van der Waals surface area contributed by atoms with Gasteiger partial charge in [-0.15, -0.1) is 0 Å². The van der Waals surface area contributed by atoms with E-state index in [-0.39, 0.29) is 11.6 Å². The first-order chi connectivity index (χ1) is 9.13. The Balaban J connectivity index is 1.91. The minimum Gasteiger partial charge on any atom is -0.478 e. The van der Waals surface area contributed by atoms with Gasteiger partial charge in [-0.3, -0.25) is 0 Å². The predicted octanol–water partition coefficient (Wildman–Crippen LogP) is 1.45. The van der Waals surface area contributed by atoms with Crippen LogP contribution in [0.2, 0.25) is 0 Å². The van der Waals surface area contributed by atoms with Crippen molar-refractivity contribution in [2.24, 2.45) is 5.73 Å². The van der Waals surface area contributed by atoms with Crippen LogP contribution in [0.5, 0.6) is 0 Å². The zero-order valence-corrected chi connectivity index (χ0v) is 10.4. The Morgan fingerprint density at radius 1 is 1.42 bits per heavy atom. The average Bonchev–Trinajstić information content (AvgIpc) is 2.82. The second kappa shape index (κ2) is 4.55. The lowest BCUT2D eigenvalue weighted by molar-refractivity contribution is 0.0697. The lowest BCUT2D eigenvalue weighted by atomic mass is 10.1. The fourth-order valence-corrected chi connectivity index (χ4v) is 2.27. The molecule has 0 atom stereocenters. The smallest absolute Gasteiger partial charge is 0.335 e. The maximum absolute atomic E-state index is 10.9. The van der Waals surface area contributed by atoms with E-state index in [0.717, 1.165) is 25.9 Å². The van der Waals surface area contributed by atoms with Crippen molar-refractivity contribution in [1.82, 2.24) is 4.98 Å². The molecule has 0 aliphatic carbocycles. The van der Waals surface area contributed by atoms with Crippen LogP contribution in [0, 0.1) is 0 Å². The summed E-state index contributed by atoms with van der Waals surface area (Å²) in [6.45, 7) is 1.64. The number of carbonyl (C=O) groups is 1. The fourth-order valence-electron chi connectivity index (χ4n) is 2.27. The zero-order chi connectivity index (χ0) is 13.4. The summed E-state index contributed by atoms with van der Waals surface area (Å²) in [5.74, 6) is -0.969. The van der Waals surface area contributed by atoms with E-state index in [1.54, 1.807) is 6.07 Å². The number of oxazole rings is 1. The van der Waals surface area contributed by atoms with E-state index in [1.807, 2.05) is 4.90 Å². The molecule has 2 heterocycles.